The molecule has 128 valence electrons. The average molecular weight is 435 g/mol. The number of methoxy groups -OCH3 is 1. The summed E-state index contributed by atoms with van der Waals surface area (Å²) in [5.74, 6) is -0.389. The van der Waals surface area contributed by atoms with Gasteiger partial charge in [-0.2, -0.15) is 0 Å². The summed E-state index contributed by atoms with van der Waals surface area (Å²) in [4.78, 5) is 11.0. The summed E-state index contributed by atoms with van der Waals surface area (Å²) in [6.45, 7) is -0.322. The molecule has 9 heteroatoms. The maximum Gasteiger partial charge on any atom is 0.343 e. The van der Waals surface area contributed by atoms with Crippen molar-refractivity contribution in [3.05, 3.63) is 52.0 Å². The first kappa shape index (κ1) is 18.6. The lowest BCUT2D eigenvalue weighted by Gasteiger charge is -2.11. The third kappa shape index (κ3) is 4.62. The van der Waals surface area contributed by atoms with E-state index >= 15 is 0 Å². The second-order valence-electron chi connectivity index (χ2n) is 4.54. The lowest BCUT2D eigenvalue weighted by Crippen LogP contribution is -2.14. The molecule has 0 aliphatic rings. The van der Waals surface area contributed by atoms with Crippen LogP contribution in [0.5, 0.6) is 5.75 Å². The number of benzene rings is 2. The van der Waals surface area contributed by atoms with E-state index in [1.165, 1.54) is 25.3 Å². The van der Waals surface area contributed by atoms with Crippen molar-refractivity contribution in [3.8, 4) is 5.75 Å². The van der Waals surface area contributed by atoms with Gasteiger partial charge < -0.3 is 9.47 Å². The van der Waals surface area contributed by atoms with Gasteiger partial charge in [-0.3, -0.25) is 4.72 Å². The number of carbonyl (C=O) groups excluding carboxylic acids is 1. The van der Waals surface area contributed by atoms with Gasteiger partial charge >= 0.3 is 5.97 Å². The van der Waals surface area contributed by atoms with E-state index in [1.54, 1.807) is 24.3 Å². The Kier molecular flexibility index (Phi) is 6.09. The Morgan fingerprint density at radius 2 is 1.96 bits per heavy atom. The number of nitrogens with one attached hydrogen (secondary N) is 1. The van der Waals surface area contributed by atoms with Crippen LogP contribution < -0.4 is 9.46 Å². The third-order valence-electron chi connectivity index (χ3n) is 2.91. The van der Waals surface area contributed by atoms with E-state index in [-0.39, 0.29) is 22.3 Å². The third-order valence-corrected chi connectivity index (χ3v) is 5.26. The molecule has 0 fully saturated rings. The molecule has 2 aromatic rings. The molecule has 2 aromatic carbocycles. The van der Waals surface area contributed by atoms with E-state index in [0.717, 1.165) is 0 Å². The first-order valence-corrected chi connectivity index (χ1v) is 9.25. The molecule has 0 bridgehead atoms. The Morgan fingerprint density at radius 3 is 2.58 bits per heavy atom. The molecule has 0 radical (unpaired) electrons. The number of hydrogen-bond donors (Lipinski definition) is 1. The Balaban J connectivity index is 2.21. The standard InChI is InChI=1S/C15H13BrClNO5S/c1-22-15(19)9-23-14-7-6-10(8-12(14)17)24(20,21)18-13-5-3-2-4-11(13)16/h2-8,18H,9H2,1H3. The van der Waals surface area contributed by atoms with Crippen molar-refractivity contribution in [1.82, 2.24) is 0 Å². The zero-order valence-electron chi connectivity index (χ0n) is 12.5. The van der Waals surface area contributed by atoms with Crippen molar-refractivity contribution in [3.63, 3.8) is 0 Å². The van der Waals surface area contributed by atoms with E-state index in [0.29, 0.717) is 10.2 Å². The van der Waals surface area contributed by atoms with Crippen molar-refractivity contribution in [2.45, 2.75) is 4.90 Å². The van der Waals surface area contributed by atoms with Gasteiger partial charge in [0.05, 0.1) is 22.7 Å². The van der Waals surface area contributed by atoms with Crippen LogP contribution in [-0.4, -0.2) is 28.1 Å². The summed E-state index contributed by atoms with van der Waals surface area (Å²) in [6, 6.07) is 10.8. The highest BCUT2D eigenvalue weighted by molar-refractivity contribution is 9.10. The molecule has 0 amide bonds. The van der Waals surface area contributed by atoms with Gasteiger partial charge in [0.2, 0.25) is 0 Å². The average Bonchev–Trinajstić information content (AvgIpc) is 2.55. The monoisotopic (exact) mass is 433 g/mol. The van der Waals surface area contributed by atoms with Crippen LogP contribution in [0.15, 0.2) is 51.8 Å². The summed E-state index contributed by atoms with van der Waals surface area (Å²) in [5, 5.41) is 0.0638. The summed E-state index contributed by atoms with van der Waals surface area (Å²) < 4.78 is 37.5. The molecule has 0 atom stereocenters. The highest BCUT2D eigenvalue weighted by Gasteiger charge is 2.17. The van der Waals surface area contributed by atoms with Gasteiger partial charge in [0.15, 0.2) is 6.61 Å². The molecule has 0 saturated heterocycles. The molecule has 24 heavy (non-hydrogen) atoms. The van der Waals surface area contributed by atoms with Crippen LogP contribution in [0.1, 0.15) is 0 Å². The number of halogens is 2. The van der Waals surface area contributed by atoms with Crippen LogP contribution in [0, 0.1) is 0 Å². The topological polar surface area (TPSA) is 81.7 Å². The Hall–Kier alpha value is -1.77. The maximum atomic E-state index is 12.4. The van der Waals surface area contributed by atoms with E-state index in [2.05, 4.69) is 25.4 Å². The molecule has 0 spiro atoms. The molecule has 0 unspecified atom stereocenters. The number of ether oxygens (including phenoxy) is 2. The molecule has 0 heterocycles. The fourth-order valence-corrected chi connectivity index (χ4v) is 3.63. The summed E-state index contributed by atoms with van der Waals surface area (Å²) in [6.07, 6.45) is 0. The van der Waals surface area contributed by atoms with Crippen LogP contribution >= 0.6 is 27.5 Å². The maximum absolute atomic E-state index is 12.4. The largest absolute Gasteiger partial charge is 0.480 e. The molecule has 0 aromatic heterocycles. The van der Waals surface area contributed by atoms with Crippen molar-refractivity contribution >= 4 is 49.2 Å². The van der Waals surface area contributed by atoms with E-state index in [9.17, 15) is 13.2 Å². The molecule has 0 saturated carbocycles. The second-order valence-corrected chi connectivity index (χ2v) is 7.49. The summed E-state index contributed by atoms with van der Waals surface area (Å²) in [7, 11) is -2.59. The van der Waals surface area contributed by atoms with E-state index in [1.807, 2.05) is 0 Å². The lowest BCUT2D eigenvalue weighted by atomic mass is 10.3. The molecular formula is C15H13BrClNO5S. The van der Waals surface area contributed by atoms with Gasteiger partial charge in [-0.1, -0.05) is 23.7 Å². The molecule has 6 nitrogen and oxygen atoms in total. The highest BCUT2D eigenvalue weighted by atomic mass is 79.9. The van der Waals surface area contributed by atoms with Crippen LogP contribution in [0.2, 0.25) is 5.02 Å². The highest BCUT2D eigenvalue weighted by Crippen LogP contribution is 2.29. The molecular weight excluding hydrogens is 422 g/mol. The van der Waals surface area contributed by atoms with Gasteiger partial charge in [0.1, 0.15) is 5.75 Å². The van der Waals surface area contributed by atoms with Gasteiger partial charge in [-0.15, -0.1) is 0 Å². The Morgan fingerprint density at radius 1 is 1.25 bits per heavy atom. The van der Waals surface area contributed by atoms with Crippen molar-refractivity contribution in [1.29, 1.82) is 0 Å². The van der Waals surface area contributed by atoms with E-state index in [4.69, 9.17) is 16.3 Å². The SMILES string of the molecule is COC(=O)COc1ccc(S(=O)(=O)Nc2ccccc2Br)cc1Cl. The molecule has 2 rings (SSSR count). The fourth-order valence-electron chi connectivity index (χ4n) is 1.71. The molecule has 0 aliphatic carbocycles. The minimum atomic E-state index is -3.82. The van der Waals surface area contributed by atoms with Crippen LogP contribution in [0.4, 0.5) is 5.69 Å². The van der Waals surface area contributed by atoms with Crippen molar-refractivity contribution < 1.29 is 22.7 Å². The number of hydrogen-bond acceptors (Lipinski definition) is 5. The Labute approximate surface area is 152 Å². The predicted molar refractivity (Wildman–Crippen MR) is 93.9 cm³/mol. The smallest absolute Gasteiger partial charge is 0.343 e. The lowest BCUT2D eigenvalue weighted by molar-refractivity contribution is -0.142. The zero-order valence-corrected chi connectivity index (χ0v) is 15.6. The van der Waals surface area contributed by atoms with Gasteiger partial charge in [0, 0.05) is 4.47 Å². The first-order valence-electron chi connectivity index (χ1n) is 6.60. The molecule has 0 aliphatic heterocycles. The predicted octanol–water partition coefficient (Wildman–Crippen LogP) is 3.46. The quantitative estimate of drug-likeness (QED) is 0.704. The van der Waals surface area contributed by atoms with Crippen molar-refractivity contribution in [2.75, 3.05) is 18.4 Å². The number of rotatable bonds is 6. The minimum Gasteiger partial charge on any atom is -0.480 e. The van der Waals surface area contributed by atoms with Crippen LogP contribution in [0.25, 0.3) is 0 Å². The number of carbonyl (C=O) groups is 1. The fraction of sp³-hybridized carbons (Fsp3) is 0.133. The summed E-state index contributed by atoms with van der Waals surface area (Å²) in [5.41, 5.74) is 0.402. The normalized spacial score (nSPS) is 11.0. The Bertz CT molecular complexity index is 857. The number of anilines is 1. The van der Waals surface area contributed by atoms with Crippen LogP contribution in [-0.2, 0) is 19.6 Å². The van der Waals surface area contributed by atoms with E-state index < -0.39 is 16.0 Å². The first-order chi connectivity index (χ1) is 11.3. The van der Waals surface area contributed by atoms with Gasteiger partial charge in [0.25, 0.3) is 10.0 Å². The summed E-state index contributed by atoms with van der Waals surface area (Å²) >= 11 is 9.29. The number of para-hydroxylation sites is 1. The van der Waals surface area contributed by atoms with Crippen LogP contribution in [0.3, 0.4) is 0 Å². The van der Waals surface area contributed by atoms with Gasteiger partial charge in [-0.05, 0) is 46.3 Å². The van der Waals surface area contributed by atoms with Gasteiger partial charge in [-0.25, -0.2) is 13.2 Å². The number of esters is 1. The minimum absolute atomic E-state index is 0.0336. The number of sulfonamides is 1. The molecule has 1 N–H and O–H groups in total. The van der Waals surface area contributed by atoms with Crippen molar-refractivity contribution in [2.24, 2.45) is 0 Å². The zero-order chi connectivity index (χ0) is 17.7. The second kappa shape index (κ2) is 7.87.